The number of aryl methyl sites for hydroxylation is 1. The van der Waals surface area contributed by atoms with Crippen LogP contribution in [0.2, 0.25) is 0 Å². The van der Waals surface area contributed by atoms with Crippen LogP contribution in [0.1, 0.15) is 49.8 Å². The molecule has 1 saturated carbocycles. The molecule has 6 heteroatoms. The van der Waals surface area contributed by atoms with Crippen LogP contribution in [0.5, 0.6) is 0 Å². The molecule has 0 atom stereocenters. The lowest BCUT2D eigenvalue weighted by molar-refractivity contribution is 0.102. The molecule has 21 heavy (non-hydrogen) atoms. The highest BCUT2D eigenvalue weighted by molar-refractivity contribution is 9.11. The van der Waals surface area contributed by atoms with Crippen molar-refractivity contribution in [2.75, 3.05) is 13.1 Å². The van der Waals surface area contributed by atoms with E-state index in [1.165, 1.54) is 43.4 Å². The molecule has 2 fully saturated rings. The summed E-state index contributed by atoms with van der Waals surface area (Å²) in [6.45, 7) is 3.26. The second-order valence-corrected chi connectivity index (χ2v) is 11.0. The normalized spacial score (nSPS) is 23.5. The Morgan fingerprint density at radius 3 is 2.29 bits per heavy atom. The van der Waals surface area contributed by atoms with Crippen molar-refractivity contribution in [2.45, 2.75) is 56.8 Å². The SMILES string of the molecule is Cc1sc(Br)cc1S(=O)(=O)N1CCC2(CCCCC2)CC1. The quantitative estimate of drug-likeness (QED) is 0.740. The van der Waals surface area contributed by atoms with Gasteiger partial charge in [-0.05, 0) is 60.0 Å². The van der Waals surface area contributed by atoms with Gasteiger partial charge in [-0.15, -0.1) is 11.3 Å². The van der Waals surface area contributed by atoms with Gasteiger partial charge in [-0.3, -0.25) is 0 Å². The van der Waals surface area contributed by atoms with Gasteiger partial charge in [0, 0.05) is 18.0 Å². The summed E-state index contributed by atoms with van der Waals surface area (Å²) in [4.78, 5) is 1.36. The topological polar surface area (TPSA) is 37.4 Å². The highest BCUT2D eigenvalue weighted by Gasteiger charge is 2.39. The number of thiophene rings is 1. The van der Waals surface area contributed by atoms with Crippen molar-refractivity contribution < 1.29 is 8.42 Å². The van der Waals surface area contributed by atoms with E-state index in [-0.39, 0.29) is 0 Å². The monoisotopic (exact) mass is 391 g/mol. The fourth-order valence-corrected chi connectivity index (χ4v) is 7.65. The zero-order valence-electron chi connectivity index (χ0n) is 12.4. The lowest BCUT2D eigenvalue weighted by Gasteiger charge is -2.43. The maximum Gasteiger partial charge on any atom is 0.244 e. The minimum Gasteiger partial charge on any atom is -0.207 e. The summed E-state index contributed by atoms with van der Waals surface area (Å²) in [6.07, 6.45) is 8.67. The second kappa shape index (κ2) is 5.95. The molecule has 0 N–H and O–H groups in total. The van der Waals surface area contributed by atoms with E-state index < -0.39 is 10.0 Å². The molecule has 2 aliphatic rings. The van der Waals surface area contributed by atoms with Crippen LogP contribution in [-0.4, -0.2) is 25.8 Å². The van der Waals surface area contributed by atoms with Crippen LogP contribution in [0, 0.1) is 12.3 Å². The molecule has 3 nitrogen and oxygen atoms in total. The van der Waals surface area contributed by atoms with Crippen LogP contribution in [0.4, 0.5) is 0 Å². The van der Waals surface area contributed by atoms with Gasteiger partial charge in [-0.2, -0.15) is 4.31 Å². The molecule has 1 aromatic heterocycles. The average Bonchev–Trinajstić information content (AvgIpc) is 2.80. The molecule has 1 saturated heterocycles. The third kappa shape index (κ3) is 3.09. The van der Waals surface area contributed by atoms with Gasteiger partial charge in [-0.25, -0.2) is 8.42 Å². The molecule has 0 radical (unpaired) electrons. The van der Waals surface area contributed by atoms with E-state index in [9.17, 15) is 8.42 Å². The van der Waals surface area contributed by atoms with E-state index in [4.69, 9.17) is 0 Å². The van der Waals surface area contributed by atoms with Crippen molar-refractivity contribution in [3.8, 4) is 0 Å². The number of sulfonamides is 1. The lowest BCUT2D eigenvalue weighted by Crippen LogP contribution is -2.43. The first kappa shape index (κ1) is 16.0. The molecule has 0 aromatic carbocycles. The first-order chi connectivity index (χ1) is 9.93. The van der Waals surface area contributed by atoms with Crippen molar-refractivity contribution in [1.82, 2.24) is 4.31 Å². The summed E-state index contributed by atoms with van der Waals surface area (Å²) in [5.41, 5.74) is 0.439. The van der Waals surface area contributed by atoms with E-state index in [0.717, 1.165) is 21.5 Å². The molecule has 1 aromatic rings. The number of rotatable bonds is 2. The minimum atomic E-state index is -3.31. The van der Waals surface area contributed by atoms with Gasteiger partial charge in [0.1, 0.15) is 0 Å². The number of piperidine rings is 1. The molecule has 1 aliphatic heterocycles. The Morgan fingerprint density at radius 1 is 1.14 bits per heavy atom. The largest absolute Gasteiger partial charge is 0.244 e. The van der Waals surface area contributed by atoms with Crippen molar-refractivity contribution in [2.24, 2.45) is 5.41 Å². The Hall–Kier alpha value is 0.0900. The second-order valence-electron chi connectivity index (χ2n) is 6.44. The Bertz CT molecular complexity index is 608. The maximum absolute atomic E-state index is 12.8. The summed E-state index contributed by atoms with van der Waals surface area (Å²) < 4.78 is 28.2. The Labute approximate surface area is 139 Å². The number of hydrogen-bond acceptors (Lipinski definition) is 3. The van der Waals surface area contributed by atoms with Gasteiger partial charge < -0.3 is 0 Å². The van der Waals surface area contributed by atoms with Gasteiger partial charge in [0.15, 0.2) is 0 Å². The molecule has 1 aliphatic carbocycles. The van der Waals surface area contributed by atoms with Gasteiger partial charge >= 0.3 is 0 Å². The highest BCUT2D eigenvalue weighted by Crippen LogP contribution is 2.45. The smallest absolute Gasteiger partial charge is 0.207 e. The predicted octanol–water partition coefficient (Wildman–Crippen LogP) is 4.55. The van der Waals surface area contributed by atoms with Crippen LogP contribution in [0.25, 0.3) is 0 Å². The zero-order valence-corrected chi connectivity index (χ0v) is 15.6. The van der Waals surface area contributed by atoms with Crippen molar-refractivity contribution in [3.63, 3.8) is 0 Å². The molecule has 0 unspecified atom stereocenters. The lowest BCUT2D eigenvalue weighted by atomic mass is 9.68. The summed E-state index contributed by atoms with van der Waals surface area (Å²) in [7, 11) is -3.31. The van der Waals surface area contributed by atoms with E-state index in [0.29, 0.717) is 23.4 Å². The number of nitrogens with zero attached hydrogens (tertiary/aromatic N) is 1. The van der Waals surface area contributed by atoms with E-state index >= 15 is 0 Å². The van der Waals surface area contributed by atoms with Crippen LogP contribution >= 0.6 is 27.3 Å². The average molecular weight is 392 g/mol. The van der Waals surface area contributed by atoms with Crippen LogP contribution < -0.4 is 0 Å². The van der Waals surface area contributed by atoms with Crippen molar-refractivity contribution >= 4 is 37.3 Å². The number of halogens is 1. The van der Waals surface area contributed by atoms with E-state index in [1.54, 1.807) is 10.4 Å². The summed E-state index contributed by atoms with van der Waals surface area (Å²) in [5, 5.41) is 0. The number of hydrogen-bond donors (Lipinski definition) is 0. The van der Waals surface area contributed by atoms with E-state index in [1.807, 2.05) is 6.92 Å². The molecule has 0 amide bonds. The molecular formula is C15H22BrNO2S2. The molecule has 118 valence electrons. The molecule has 3 rings (SSSR count). The zero-order chi connectivity index (χ0) is 15.1. The Kier molecular flexibility index (Phi) is 4.52. The van der Waals surface area contributed by atoms with Crippen LogP contribution in [0.3, 0.4) is 0 Å². The summed E-state index contributed by atoms with van der Waals surface area (Å²) in [5.74, 6) is 0. The molecular weight excluding hydrogens is 370 g/mol. The Balaban J connectivity index is 1.75. The van der Waals surface area contributed by atoms with E-state index in [2.05, 4.69) is 15.9 Å². The predicted molar refractivity (Wildman–Crippen MR) is 90.3 cm³/mol. The molecule has 0 bridgehead atoms. The summed E-state index contributed by atoms with van der Waals surface area (Å²) in [6, 6.07) is 1.75. The van der Waals surface area contributed by atoms with Gasteiger partial charge in [0.25, 0.3) is 0 Å². The van der Waals surface area contributed by atoms with Crippen molar-refractivity contribution in [3.05, 3.63) is 14.7 Å². The van der Waals surface area contributed by atoms with Crippen molar-refractivity contribution in [1.29, 1.82) is 0 Å². The van der Waals surface area contributed by atoms with Gasteiger partial charge in [0.2, 0.25) is 10.0 Å². The van der Waals surface area contributed by atoms with Gasteiger partial charge in [-0.1, -0.05) is 19.3 Å². The third-order valence-electron chi connectivity index (χ3n) is 5.16. The minimum absolute atomic E-state index is 0.439. The van der Waals surface area contributed by atoms with Crippen LogP contribution in [-0.2, 0) is 10.0 Å². The van der Waals surface area contributed by atoms with Crippen LogP contribution in [0.15, 0.2) is 14.7 Å². The fourth-order valence-electron chi connectivity index (χ4n) is 3.83. The Morgan fingerprint density at radius 2 is 1.76 bits per heavy atom. The first-order valence-corrected chi connectivity index (χ1v) is 10.7. The molecule has 2 heterocycles. The highest BCUT2D eigenvalue weighted by atomic mass is 79.9. The third-order valence-corrected chi connectivity index (χ3v) is 8.86. The molecule has 1 spiro atoms. The standard InChI is InChI=1S/C15H22BrNO2S2/c1-12-13(11-14(16)20-12)21(18,19)17-9-7-15(8-10-17)5-3-2-4-6-15/h11H,2-10H2,1H3. The summed E-state index contributed by atoms with van der Waals surface area (Å²) >= 11 is 4.88. The van der Waals surface area contributed by atoms with Gasteiger partial charge in [0.05, 0.1) is 8.68 Å². The first-order valence-electron chi connectivity index (χ1n) is 7.69. The maximum atomic E-state index is 12.8. The fraction of sp³-hybridized carbons (Fsp3) is 0.733.